The standard InChI is InChI=1S/C27H23F3N4O5/c28-18-4-5-19(29)25-23(18)22-17(13-38-25)24(22)33-27(36)32-21-6-2-15(12-31-21)39-14-1-3-16(20(30)11-14)26(35)34-7-9-37-10-8-34/h1-6,11-12,17,22,24H,7-10,13H2,(H2,31,32,33,36)/t17-,22-,24-/m1/s1. The normalized spacial score (nSPS) is 21.2. The molecule has 202 valence electrons. The van der Waals surface area contributed by atoms with E-state index < -0.39 is 35.4 Å². The van der Waals surface area contributed by atoms with Gasteiger partial charge in [-0.3, -0.25) is 10.1 Å². The van der Waals surface area contributed by atoms with Crippen molar-refractivity contribution in [2.45, 2.75) is 12.0 Å². The number of carbonyl (C=O) groups is 2. The lowest BCUT2D eigenvalue weighted by molar-refractivity contribution is 0.0300. The lowest BCUT2D eigenvalue weighted by Crippen LogP contribution is -2.41. The molecule has 2 N–H and O–H groups in total. The third-order valence-electron chi connectivity index (χ3n) is 7.00. The number of nitrogens with one attached hydrogen (secondary N) is 2. The average Bonchev–Trinajstić information content (AvgIpc) is 3.64. The SMILES string of the molecule is O=C(Nc1ccc(Oc2ccc(C(=O)N3CCOCC3)c(F)c2)cn1)N[C@@H]1[C@@H]2COc3c(F)ccc(F)c3[C@@H]21. The second-order valence-corrected chi connectivity index (χ2v) is 9.42. The van der Waals surface area contributed by atoms with Crippen LogP contribution >= 0.6 is 0 Å². The molecule has 0 radical (unpaired) electrons. The summed E-state index contributed by atoms with van der Waals surface area (Å²) in [4.78, 5) is 30.7. The topological polar surface area (TPSA) is 102 Å². The van der Waals surface area contributed by atoms with Crippen molar-refractivity contribution < 1.29 is 37.0 Å². The van der Waals surface area contributed by atoms with Crippen LogP contribution in [0.1, 0.15) is 21.8 Å². The number of carbonyl (C=O) groups excluding carboxylic acids is 2. The van der Waals surface area contributed by atoms with Crippen LogP contribution in [0.5, 0.6) is 17.2 Å². The quantitative estimate of drug-likeness (QED) is 0.506. The first-order valence-corrected chi connectivity index (χ1v) is 12.4. The van der Waals surface area contributed by atoms with Crippen LogP contribution in [-0.4, -0.2) is 60.8 Å². The van der Waals surface area contributed by atoms with Gasteiger partial charge in [-0.1, -0.05) is 0 Å². The summed E-state index contributed by atoms with van der Waals surface area (Å²) >= 11 is 0. The van der Waals surface area contributed by atoms with E-state index in [0.717, 1.165) is 18.2 Å². The molecule has 9 nitrogen and oxygen atoms in total. The number of hydrogen-bond donors (Lipinski definition) is 2. The van der Waals surface area contributed by atoms with E-state index in [-0.39, 0.29) is 52.6 Å². The molecule has 39 heavy (non-hydrogen) atoms. The molecule has 0 bridgehead atoms. The van der Waals surface area contributed by atoms with Crippen LogP contribution in [0, 0.1) is 23.4 Å². The Bertz CT molecular complexity index is 1430. The van der Waals surface area contributed by atoms with Gasteiger partial charge in [0.2, 0.25) is 0 Å². The van der Waals surface area contributed by atoms with Gasteiger partial charge in [0.25, 0.3) is 5.91 Å². The van der Waals surface area contributed by atoms with E-state index in [1.807, 2.05) is 0 Å². The predicted octanol–water partition coefficient (Wildman–Crippen LogP) is 4.06. The molecule has 1 aliphatic carbocycles. The Morgan fingerprint density at radius 2 is 1.74 bits per heavy atom. The monoisotopic (exact) mass is 540 g/mol. The zero-order chi connectivity index (χ0) is 27.1. The number of nitrogens with zero attached hydrogens (tertiary/aromatic N) is 2. The highest BCUT2D eigenvalue weighted by atomic mass is 19.1. The third kappa shape index (κ3) is 4.94. The van der Waals surface area contributed by atoms with Gasteiger partial charge in [0, 0.05) is 42.6 Å². The van der Waals surface area contributed by atoms with Crippen LogP contribution in [-0.2, 0) is 4.74 Å². The molecule has 12 heteroatoms. The van der Waals surface area contributed by atoms with Crippen molar-refractivity contribution >= 4 is 17.8 Å². The summed E-state index contributed by atoms with van der Waals surface area (Å²) in [5.41, 5.74) is 0.0949. The first kappa shape index (κ1) is 25.0. The van der Waals surface area contributed by atoms with Crippen molar-refractivity contribution in [2.24, 2.45) is 5.92 Å². The van der Waals surface area contributed by atoms with Crippen molar-refractivity contribution in [1.82, 2.24) is 15.2 Å². The second-order valence-electron chi connectivity index (χ2n) is 9.42. The molecule has 1 saturated carbocycles. The summed E-state index contributed by atoms with van der Waals surface area (Å²) < 4.78 is 59.1. The van der Waals surface area contributed by atoms with Crippen LogP contribution in [0.2, 0.25) is 0 Å². The van der Waals surface area contributed by atoms with E-state index in [1.54, 1.807) is 0 Å². The van der Waals surface area contributed by atoms with Crippen LogP contribution in [0.4, 0.5) is 23.8 Å². The summed E-state index contributed by atoms with van der Waals surface area (Å²) in [6.45, 7) is 1.82. The minimum absolute atomic E-state index is 0.0497. The molecule has 3 amide bonds. The Hall–Kier alpha value is -4.32. The molecular weight excluding hydrogens is 517 g/mol. The molecule has 3 heterocycles. The van der Waals surface area contributed by atoms with E-state index in [0.29, 0.717) is 26.3 Å². The summed E-state index contributed by atoms with van der Waals surface area (Å²) in [6.07, 6.45) is 1.35. The summed E-state index contributed by atoms with van der Waals surface area (Å²) in [7, 11) is 0. The third-order valence-corrected chi connectivity index (χ3v) is 7.00. The maximum absolute atomic E-state index is 14.6. The molecular formula is C27H23F3N4O5. The van der Waals surface area contributed by atoms with Gasteiger partial charge in [0.15, 0.2) is 11.6 Å². The molecule has 2 aliphatic heterocycles. The van der Waals surface area contributed by atoms with E-state index in [1.165, 1.54) is 35.4 Å². The number of anilines is 1. The Kier molecular flexibility index (Phi) is 6.47. The van der Waals surface area contributed by atoms with Gasteiger partial charge in [-0.15, -0.1) is 0 Å². The molecule has 0 unspecified atom stereocenters. The molecule has 0 spiro atoms. The van der Waals surface area contributed by atoms with Gasteiger partial charge in [-0.25, -0.2) is 22.9 Å². The van der Waals surface area contributed by atoms with E-state index in [4.69, 9.17) is 14.2 Å². The minimum atomic E-state index is -0.705. The van der Waals surface area contributed by atoms with Crippen LogP contribution < -0.4 is 20.1 Å². The number of aromatic nitrogens is 1. The van der Waals surface area contributed by atoms with Crippen LogP contribution in [0.25, 0.3) is 0 Å². The van der Waals surface area contributed by atoms with E-state index in [9.17, 15) is 22.8 Å². The van der Waals surface area contributed by atoms with Crippen molar-refractivity contribution in [1.29, 1.82) is 0 Å². The molecule has 3 aliphatic rings. The lowest BCUT2D eigenvalue weighted by atomic mass is 10.0. The van der Waals surface area contributed by atoms with E-state index >= 15 is 0 Å². The fourth-order valence-electron chi connectivity index (χ4n) is 4.98. The van der Waals surface area contributed by atoms with Crippen molar-refractivity contribution in [3.63, 3.8) is 0 Å². The number of morpholine rings is 1. The first-order chi connectivity index (χ1) is 18.9. The fourth-order valence-corrected chi connectivity index (χ4v) is 4.98. The summed E-state index contributed by atoms with van der Waals surface area (Å²) in [5.74, 6) is -2.25. The van der Waals surface area contributed by atoms with Gasteiger partial charge in [-0.2, -0.15) is 0 Å². The Balaban J connectivity index is 1.04. The number of fused-ring (bicyclic) bond motifs is 3. The second kappa shape index (κ2) is 10.1. The zero-order valence-electron chi connectivity index (χ0n) is 20.5. The number of halogens is 3. The highest BCUT2D eigenvalue weighted by Crippen LogP contribution is 2.55. The first-order valence-electron chi connectivity index (χ1n) is 12.4. The Labute approximate surface area is 220 Å². The highest BCUT2D eigenvalue weighted by molar-refractivity contribution is 5.94. The number of amides is 3. The van der Waals surface area contributed by atoms with Gasteiger partial charge in [-0.05, 0) is 36.4 Å². The average molecular weight is 540 g/mol. The molecule has 3 aromatic rings. The molecule has 6 rings (SSSR count). The molecule has 3 atom stereocenters. The lowest BCUT2D eigenvalue weighted by Gasteiger charge is -2.27. The Morgan fingerprint density at radius 3 is 2.49 bits per heavy atom. The van der Waals surface area contributed by atoms with Crippen LogP contribution in [0.3, 0.4) is 0 Å². The summed E-state index contributed by atoms with van der Waals surface area (Å²) in [6, 6.07) is 8.12. The maximum atomic E-state index is 14.6. The zero-order valence-corrected chi connectivity index (χ0v) is 20.5. The minimum Gasteiger partial charge on any atom is -0.490 e. The van der Waals surface area contributed by atoms with Gasteiger partial charge < -0.3 is 24.4 Å². The van der Waals surface area contributed by atoms with Gasteiger partial charge in [0.05, 0.1) is 31.6 Å². The summed E-state index contributed by atoms with van der Waals surface area (Å²) in [5, 5.41) is 5.35. The smallest absolute Gasteiger partial charge is 0.320 e. The Morgan fingerprint density at radius 1 is 0.974 bits per heavy atom. The van der Waals surface area contributed by atoms with Gasteiger partial charge in [0.1, 0.15) is 29.0 Å². The number of ether oxygens (including phenoxy) is 3. The number of benzene rings is 2. The van der Waals surface area contributed by atoms with Crippen molar-refractivity contribution in [2.75, 3.05) is 38.2 Å². The van der Waals surface area contributed by atoms with E-state index in [2.05, 4.69) is 15.6 Å². The number of rotatable bonds is 5. The largest absolute Gasteiger partial charge is 0.490 e. The molecule has 2 fully saturated rings. The van der Waals surface area contributed by atoms with Crippen molar-refractivity contribution in [3.05, 3.63) is 77.2 Å². The molecule has 1 aromatic heterocycles. The maximum Gasteiger partial charge on any atom is 0.320 e. The van der Waals surface area contributed by atoms with Crippen LogP contribution in [0.15, 0.2) is 48.7 Å². The number of urea groups is 1. The fraction of sp³-hybridized carbons (Fsp3) is 0.296. The number of hydrogen-bond acceptors (Lipinski definition) is 6. The predicted molar refractivity (Wildman–Crippen MR) is 131 cm³/mol. The van der Waals surface area contributed by atoms with Gasteiger partial charge >= 0.3 is 6.03 Å². The molecule has 2 aromatic carbocycles. The highest BCUT2D eigenvalue weighted by Gasteiger charge is 2.57. The van der Waals surface area contributed by atoms with Crippen molar-refractivity contribution in [3.8, 4) is 17.2 Å². The molecule has 1 saturated heterocycles. The number of pyridine rings is 1.